The lowest BCUT2D eigenvalue weighted by atomic mass is 9.91. The van der Waals surface area contributed by atoms with Crippen LogP contribution in [-0.2, 0) is 0 Å². The molecule has 1 aliphatic carbocycles. The van der Waals surface area contributed by atoms with Crippen LogP contribution in [0.2, 0.25) is 0 Å². The van der Waals surface area contributed by atoms with E-state index in [1.165, 1.54) is 0 Å². The minimum Gasteiger partial charge on any atom is -0.395 e. The summed E-state index contributed by atoms with van der Waals surface area (Å²) in [7, 11) is 0. The fourth-order valence-corrected chi connectivity index (χ4v) is 2.48. The van der Waals surface area contributed by atoms with Crippen molar-refractivity contribution < 1.29 is 9.90 Å². The van der Waals surface area contributed by atoms with E-state index in [4.69, 9.17) is 5.11 Å². The summed E-state index contributed by atoms with van der Waals surface area (Å²) in [5.74, 6) is 0.667. The summed E-state index contributed by atoms with van der Waals surface area (Å²) in [4.78, 5) is 22.6. The standard InChI is InChI=1S/C15H18N4O2/c20-9-8-19(13-2-1-3-13)15(21)12-4-5-14(17-10-12)18-7-6-16-11-18/h4-7,10-11,13,20H,1-3,8-9H2. The Morgan fingerprint density at radius 1 is 1.43 bits per heavy atom. The van der Waals surface area contributed by atoms with Gasteiger partial charge in [0.1, 0.15) is 12.1 Å². The molecule has 21 heavy (non-hydrogen) atoms. The molecule has 2 heterocycles. The third kappa shape index (κ3) is 2.80. The topological polar surface area (TPSA) is 71.2 Å². The number of aromatic nitrogens is 3. The predicted octanol–water partition coefficient (Wildman–Crippen LogP) is 1.25. The number of amides is 1. The highest BCUT2D eigenvalue weighted by molar-refractivity contribution is 5.94. The molecule has 6 heteroatoms. The second-order valence-electron chi connectivity index (χ2n) is 5.18. The summed E-state index contributed by atoms with van der Waals surface area (Å²) in [5.41, 5.74) is 0.555. The molecular formula is C15H18N4O2. The van der Waals surface area contributed by atoms with Crippen molar-refractivity contribution in [1.82, 2.24) is 19.4 Å². The Bertz CT molecular complexity index is 591. The number of carbonyl (C=O) groups excluding carboxylic acids is 1. The molecule has 1 fully saturated rings. The number of hydrogen-bond acceptors (Lipinski definition) is 4. The van der Waals surface area contributed by atoms with Gasteiger partial charge in [0.15, 0.2) is 0 Å². The first kappa shape index (κ1) is 13.8. The van der Waals surface area contributed by atoms with E-state index in [0.29, 0.717) is 12.1 Å². The van der Waals surface area contributed by atoms with Crippen LogP contribution in [0, 0.1) is 0 Å². The molecule has 110 valence electrons. The second-order valence-corrected chi connectivity index (χ2v) is 5.18. The van der Waals surface area contributed by atoms with Gasteiger partial charge in [-0.05, 0) is 31.4 Å². The zero-order chi connectivity index (χ0) is 14.7. The smallest absolute Gasteiger partial charge is 0.255 e. The van der Waals surface area contributed by atoms with Crippen molar-refractivity contribution in [3.63, 3.8) is 0 Å². The van der Waals surface area contributed by atoms with Crippen molar-refractivity contribution in [2.24, 2.45) is 0 Å². The SMILES string of the molecule is O=C(c1ccc(-n2ccnc2)nc1)N(CCO)C1CCC1. The fraction of sp³-hybridized carbons (Fsp3) is 0.400. The Morgan fingerprint density at radius 2 is 2.29 bits per heavy atom. The Balaban J connectivity index is 1.77. The molecule has 1 N–H and O–H groups in total. The summed E-state index contributed by atoms with van der Waals surface area (Å²) in [6.45, 7) is 0.371. The van der Waals surface area contributed by atoms with Gasteiger partial charge < -0.3 is 10.0 Å². The third-order valence-electron chi connectivity index (χ3n) is 3.88. The molecule has 1 amide bonds. The van der Waals surface area contributed by atoms with Crippen LogP contribution < -0.4 is 0 Å². The summed E-state index contributed by atoms with van der Waals surface area (Å²) in [6.07, 6.45) is 9.92. The Morgan fingerprint density at radius 3 is 2.81 bits per heavy atom. The zero-order valence-corrected chi connectivity index (χ0v) is 11.7. The van der Waals surface area contributed by atoms with Gasteiger partial charge in [-0.2, -0.15) is 0 Å². The molecule has 0 saturated heterocycles. The Labute approximate surface area is 123 Å². The van der Waals surface area contributed by atoms with Crippen molar-refractivity contribution in [2.75, 3.05) is 13.2 Å². The zero-order valence-electron chi connectivity index (χ0n) is 11.7. The first-order valence-electron chi connectivity index (χ1n) is 7.16. The van der Waals surface area contributed by atoms with E-state index in [-0.39, 0.29) is 18.6 Å². The highest BCUT2D eigenvalue weighted by atomic mass is 16.3. The first-order chi connectivity index (χ1) is 10.3. The van der Waals surface area contributed by atoms with E-state index in [1.807, 2.05) is 0 Å². The van der Waals surface area contributed by atoms with Crippen LogP contribution in [0.25, 0.3) is 5.82 Å². The molecule has 6 nitrogen and oxygen atoms in total. The monoisotopic (exact) mass is 286 g/mol. The van der Waals surface area contributed by atoms with Crippen molar-refractivity contribution in [2.45, 2.75) is 25.3 Å². The largest absolute Gasteiger partial charge is 0.395 e. The van der Waals surface area contributed by atoms with Crippen LogP contribution in [0.3, 0.4) is 0 Å². The van der Waals surface area contributed by atoms with E-state index in [0.717, 1.165) is 25.1 Å². The number of aliphatic hydroxyl groups excluding tert-OH is 1. The van der Waals surface area contributed by atoms with E-state index in [1.54, 1.807) is 46.5 Å². The van der Waals surface area contributed by atoms with Gasteiger partial charge in [-0.1, -0.05) is 0 Å². The molecule has 0 unspecified atom stereocenters. The van der Waals surface area contributed by atoms with Crippen molar-refractivity contribution in [1.29, 1.82) is 0 Å². The molecule has 0 spiro atoms. The van der Waals surface area contributed by atoms with Crippen molar-refractivity contribution in [3.8, 4) is 5.82 Å². The number of nitrogens with zero attached hydrogens (tertiary/aromatic N) is 4. The van der Waals surface area contributed by atoms with Crippen LogP contribution in [0.15, 0.2) is 37.1 Å². The summed E-state index contributed by atoms with van der Waals surface area (Å²) >= 11 is 0. The molecule has 0 atom stereocenters. The van der Waals surface area contributed by atoms with Crippen LogP contribution >= 0.6 is 0 Å². The van der Waals surface area contributed by atoms with Crippen LogP contribution in [0.1, 0.15) is 29.6 Å². The molecule has 0 bridgehead atoms. The molecular weight excluding hydrogens is 268 g/mol. The molecule has 1 aliphatic rings. The minimum atomic E-state index is -0.0570. The number of rotatable bonds is 5. The number of aliphatic hydroxyl groups is 1. The highest BCUT2D eigenvalue weighted by Crippen LogP contribution is 2.26. The summed E-state index contributed by atoms with van der Waals surface area (Å²) in [5, 5.41) is 9.15. The van der Waals surface area contributed by atoms with Crippen LogP contribution in [0.5, 0.6) is 0 Å². The highest BCUT2D eigenvalue weighted by Gasteiger charge is 2.29. The average molecular weight is 286 g/mol. The number of hydrogen-bond donors (Lipinski definition) is 1. The molecule has 1 saturated carbocycles. The van der Waals surface area contributed by atoms with E-state index in [2.05, 4.69) is 9.97 Å². The van der Waals surface area contributed by atoms with E-state index < -0.39 is 0 Å². The molecule has 0 radical (unpaired) electrons. The lowest BCUT2D eigenvalue weighted by Gasteiger charge is -2.37. The number of imidazole rings is 1. The van der Waals surface area contributed by atoms with Gasteiger partial charge in [0.2, 0.25) is 0 Å². The number of carbonyl (C=O) groups is 1. The van der Waals surface area contributed by atoms with Gasteiger partial charge in [-0.25, -0.2) is 9.97 Å². The Kier molecular flexibility index (Phi) is 3.96. The Hall–Kier alpha value is -2.21. The second kappa shape index (κ2) is 6.05. The van der Waals surface area contributed by atoms with Gasteiger partial charge in [-0.3, -0.25) is 9.36 Å². The lowest BCUT2D eigenvalue weighted by Crippen LogP contribution is -2.45. The number of pyridine rings is 1. The van der Waals surface area contributed by atoms with Gasteiger partial charge >= 0.3 is 0 Å². The van der Waals surface area contributed by atoms with Crippen molar-refractivity contribution in [3.05, 3.63) is 42.6 Å². The van der Waals surface area contributed by atoms with Crippen LogP contribution in [-0.4, -0.2) is 49.6 Å². The summed E-state index contributed by atoms with van der Waals surface area (Å²) < 4.78 is 1.78. The quantitative estimate of drug-likeness (QED) is 0.898. The molecule has 0 aliphatic heterocycles. The third-order valence-corrected chi connectivity index (χ3v) is 3.88. The normalized spacial score (nSPS) is 14.7. The molecule has 2 aromatic heterocycles. The van der Waals surface area contributed by atoms with E-state index in [9.17, 15) is 4.79 Å². The van der Waals surface area contributed by atoms with Gasteiger partial charge in [-0.15, -0.1) is 0 Å². The van der Waals surface area contributed by atoms with Gasteiger partial charge in [0.05, 0.1) is 12.2 Å². The van der Waals surface area contributed by atoms with Crippen molar-refractivity contribution >= 4 is 5.91 Å². The fourth-order valence-electron chi connectivity index (χ4n) is 2.48. The van der Waals surface area contributed by atoms with Crippen LogP contribution in [0.4, 0.5) is 0 Å². The molecule has 3 rings (SSSR count). The maximum Gasteiger partial charge on any atom is 0.255 e. The van der Waals surface area contributed by atoms with E-state index >= 15 is 0 Å². The lowest BCUT2D eigenvalue weighted by molar-refractivity contribution is 0.0525. The summed E-state index contributed by atoms with van der Waals surface area (Å²) in [6, 6.07) is 3.83. The first-order valence-corrected chi connectivity index (χ1v) is 7.16. The minimum absolute atomic E-state index is 0.0111. The molecule has 0 aromatic carbocycles. The maximum atomic E-state index is 12.5. The predicted molar refractivity (Wildman–Crippen MR) is 77.1 cm³/mol. The van der Waals surface area contributed by atoms with Gasteiger partial charge in [0.25, 0.3) is 5.91 Å². The van der Waals surface area contributed by atoms with Gasteiger partial charge in [0, 0.05) is 31.2 Å². The average Bonchev–Trinajstić information content (AvgIpc) is 2.98. The maximum absolute atomic E-state index is 12.5. The molecule has 2 aromatic rings.